The Morgan fingerprint density at radius 3 is 2.74 bits per heavy atom. The number of nitrogens with one attached hydrogen (secondary N) is 1. The molecule has 0 fully saturated rings. The highest BCUT2D eigenvalue weighted by Gasteiger charge is 2.14. The van der Waals surface area contributed by atoms with E-state index in [-0.39, 0.29) is 11.9 Å². The minimum Gasteiger partial charge on any atom is -0.493 e. The summed E-state index contributed by atoms with van der Waals surface area (Å²) in [5, 5.41) is 3.12. The molecule has 0 aromatic heterocycles. The van der Waals surface area contributed by atoms with Crippen molar-refractivity contribution < 1.29 is 9.53 Å². The third kappa shape index (κ3) is 5.30. The lowest BCUT2D eigenvalue weighted by atomic mass is 10.1. The fourth-order valence-electron chi connectivity index (χ4n) is 1.91. The molecule has 0 aliphatic rings. The first-order valence-corrected chi connectivity index (χ1v) is 6.77. The minimum absolute atomic E-state index is 0.314. The number of carbonyl (C=O) groups excluding carboxylic acids is 1. The van der Waals surface area contributed by atoms with E-state index in [9.17, 15) is 4.79 Å². The number of amides is 1. The molecule has 1 rings (SSSR count). The van der Waals surface area contributed by atoms with Crippen LogP contribution in [0.2, 0.25) is 0 Å². The summed E-state index contributed by atoms with van der Waals surface area (Å²) < 4.78 is 5.70. The largest absolute Gasteiger partial charge is 0.493 e. The number of hydrogen-bond acceptors (Lipinski definition) is 3. The summed E-state index contributed by atoms with van der Waals surface area (Å²) in [4.78, 5) is 11.3. The van der Waals surface area contributed by atoms with Crippen molar-refractivity contribution in [2.75, 3.05) is 13.2 Å². The fourth-order valence-corrected chi connectivity index (χ4v) is 1.91. The Morgan fingerprint density at radius 1 is 1.42 bits per heavy atom. The van der Waals surface area contributed by atoms with Crippen LogP contribution in [0.5, 0.6) is 5.75 Å². The van der Waals surface area contributed by atoms with Gasteiger partial charge in [-0.15, -0.1) is 0 Å². The van der Waals surface area contributed by atoms with E-state index in [4.69, 9.17) is 10.5 Å². The molecular formula is C15H24N2O2. The number of ether oxygens (including phenoxy) is 1. The molecule has 106 valence electrons. The van der Waals surface area contributed by atoms with Gasteiger partial charge in [-0.1, -0.05) is 24.6 Å². The van der Waals surface area contributed by atoms with Gasteiger partial charge >= 0.3 is 0 Å². The van der Waals surface area contributed by atoms with E-state index in [2.05, 4.69) is 25.2 Å². The van der Waals surface area contributed by atoms with E-state index in [1.165, 1.54) is 5.56 Å². The molecule has 0 aliphatic heterocycles. The summed E-state index contributed by atoms with van der Waals surface area (Å²) in [6.07, 6.45) is 1.56. The number of nitrogens with two attached hydrogens (primary N) is 1. The van der Waals surface area contributed by atoms with Crippen molar-refractivity contribution in [1.29, 1.82) is 0 Å². The molecule has 1 amide bonds. The van der Waals surface area contributed by atoms with Crippen LogP contribution in [0, 0.1) is 13.8 Å². The van der Waals surface area contributed by atoms with Gasteiger partial charge in [-0.2, -0.15) is 0 Å². The van der Waals surface area contributed by atoms with E-state index in [1.54, 1.807) is 0 Å². The van der Waals surface area contributed by atoms with E-state index >= 15 is 0 Å². The molecule has 0 aliphatic carbocycles. The van der Waals surface area contributed by atoms with Gasteiger partial charge in [0.15, 0.2) is 0 Å². The Morgan fingerprint density at radius 2 is 2.16 bits per heavy atom. The first-order valence-electron chi connectivity index (χ1n) is 6.77. The molecule has 0 radical (unpaired) electrons. The summed E-state index contributed by atoms with van der Waals surface area (Å²) >= 11 is 0. The smallest absolute Gasteiger partial charge is 0.234 e. The second-order valence-electron chi connectivity index (χ2n) is 4.82. The van der Waals surface area contributed by atoms with Crippen molar-refractivity contribution >= 4 is 5.91 Å². The van der Waals surface area contributed by atoms with E-state index < -0.39 is 0 Å². The normalized spacial score (nSPS) is 12.2. The third-order valence-electron chi connectivity index (χ3n) is 2.98. The van der Waals surface area contributed by atoms with Gasteiger partial charge in [0.05, 0.1) is 12.6 Å². The number of hydrogen-bond donors (Lipinski definition) is 2. The molecule has 0 saturated carbocycles. The van der Waals surface area contributed by atoms with Crippen LogP contribution >= 0.6 is 0 Å². The Hall–Kier alpha value is -1.55. The number of aryl methyl sites for hydroxylation is 2. The zero-order chi connectivity index (χ0) is 14.3. The van der Waals surface area contributed by atoms with Gasteiger partial charge < -0.3 is 15.8 Å². The lowest BCUT2D eigenvalue weighted by molar-refractivity contribution is -0.120. The van der Waals surface area contributed by atoms with Crippen molar-refractivity contribution in [2.24, 2.45) is 5.73 Å². The van der Waals surface area contributed by atoms with Gasteiger partial charge in [-0.3, -0.25) is 4.79 Å². The maximum Gasteiger partial charge on any atom is 0.234 e. The van der Waals surface area contributed by atoms with Crippen LogP contribution in [0.1, 0.15) is 30.9 Å². The number of benzene rings is 1. The first kappa shape index (κ1) is 15.5. The molecule has 19 heavy (non-hydrogen) atoms. The molecule has 4 nitrogen and oxygen atoms in total. The number of primary amides is 1. The Balaban J connectivity index is 2.45. The Kier molecular flexibility index (Phi) is 6.36. The molecule has 0 saturated heterocycles. The highest BCUT2D eigenvalue weighted by Crippen LogP contribution is 2.18. The standard InChI is InChI=1S/C15H24N2O2/c1-4-8-17-13(15(16)18)7-9-19-14-6-5-11(2)10-12(14)3/h5-6,10,13,17H,4,7-9H2,1-3H3,(H2,16,18). The molecule has 3 N–H and O–H groups in total. The van der Waals surface area contributed by atoms with Crippen LogP contribution in [-0.4, -0.2) is 25.1 Å². The fraction of sp³-hybridized carbons (Fsp3) is 0.533. The van der Waals surface area contributed by atoms with Crippen molar-refractivity contribution in [3.05, 3.63) is 29.3 Å². The summed E-state index contributed by atoms with van der Waals surface area (Å²) in [6, 6.07) is 5.74. The maximum absolute atomic E-state index is 11.3. The van der Waals surface area contributed by atoms with Crippen LogP contribution < -0.4 is 15.8 Å². The Labute approximate surface area is 115 Å². The SMILES string of the molecule is CCCNC(CCOc1ccc(C)cc1C)C(N)=O. The van der Waals surface area contributed by atoms with Gasteiger partial charge in [-0.05, 0) is 38.4 Å². The zero-order valence-corrected chi connectivity index (χ0v) is 12.0. The molecule has 1 atom stereocenters. The van der Waals surface area contributed by atoms with Gasteiger partial charge in [0.2, 0.25) is 5.91 Å². The minimum atomic E-state index is -0.322. The quantitative estimate of drug-likeness (QED) is 0.754. The second kappa shape index (κ2) is 7.79. The van der Waals surface area contributed by atoms with E-state index in [0.717, 1.165) is 24.3 Å². The molecule has 1 unspecified atom stereocenters. The van der Waals surface area contributed by atoms with Crippen LogP contribution in [0.25, 0.3) is 0 Å². The van der Waals surface area contributed by atoms with Crippen molar-refractivity contribution in [3.8, 4) is 5.75 Å². The summed E-state index contributed by atoms with van der Waals surface area (Å²) in [5.41, 5.74) is 7.67. The predicted octanol–water partition coefficient (Wildman–Crippen LogP) is 1.93. The van der Waals surface area contributed by atoms with E-state index in [1.807, 2.05) is 19.1 Å². The molecule has 0 spiro atoms. The Bertz CT molecular complexity index is 419. The highest BCUT2D eigenvalue weighted by atomic mass is 16.5. The molecule has 0 heterocycles. The summed E-state index contributed by atoms with van der Waals surface area (Å²) in [7, 11) is 0. The first-order chi connectivity index (χ1) is 9.04. The zero-order valence-electron chi connectivity index (χ0n) is 12.0. The van der Waals surface area contributed by atoms with Crippen molar-refractivity contribution in [2.45, 2.75) is 39.7 Å². The average Bonchev–Trinajstić information content (AvgIpc) is 2.35. The second-order valence-corrected chi connectivity index (χ2v) is 4.82. The van der Waals surface area contributed by atoms with Crippen LogP contribution in [0.15, 0.2) is 18.2 Å². The lowest BCUT2D eigenvalue weighted by Crippen LogP contribution is -2.42. The lowest BCUT2D eigenvalue weighted by Gasteiger charge is -2.16. The molecular weight excluding hydrogens is 240 g/mol. The van der Waals surface area contributed by atoms with Crippen LogP contribution in [-0.2, 0) is 4.79 Å². The predicted molar refractivity (Wildman–Crippen MR) is 77.3 cm³/mol. The third-order valence-corrected chi connectivity index (χ3v) is 2.98. The number of rotatable bonds is 8. The van der Waals surface area contributed by atoms with Crippen LogP contribution in [0.4, 0.5) is 0 Å². The molecule has 0 bridgehead atoms. The average molecular weight is 264 g/mol. The number of carbonyl (C=O) groups is 1. The van der Waals surface area contributed by atoms with Gasteiger partial charge in [0.1, 0.15) is 5.75 Å². The summed E-state index contributed by atoms with van der Waals surface area (Å²) in [6.45, 7) is 7.39. The van der Waals surface area contributed by atoms with Gasteiger partial charge in [-0.25, -0.2) is 0 Å². The van der Waals surface area contributed by atoms with Crippen LogP contribution in [0.3, 0.4) is 0 Å². The van der Waals surface area contributed by atoms with Gasteiger partial charge in [0, 0.05) is 6.42 Å². The maximum atomic E-state index is 11.3. The highest BCUT2D eigenvalue weighted by molar-refractivity contribution is 5.79. The molecule has 1 aromatic carbocycles. The summed E-state index contributed by atoms with van der Waals surface area (Å²) in [5.74, 6) is 0.544. The topological polar surface area (TPSA) is 64.3 Å². The van der Waals surface area contributed by atoms with E-state index in [0.29, 0.717) is 13.0 Å². The van der Waals surface area contributed by atoms with Gasteiger partial charge in [0.25, 0.3) is 0 Å². The monoisotopic (exact) mass is 264 g/mol. The van der Waals surface area contributed by atoms with Crippen molar-refractivity contribution in [1.82, 2.24) is 5.32 Å². The van der Waals surface area contributed by atoms with Crippen molar-refractivity contribution in [3.63, 3.8) is 0 Å². The molecule has 1 aromatic rings. The molecule has 4 heteroatoms.